The summed E-state index contributed by atoms with van der Waals surface area (Å²) in [5, 5.41) is 0. The van der Waals surface area contributed by atoms with Gasteiger partial charge in [-0.25, -0.2) is 4.98 Å². The van der Waals surface area contributed by atoms with Gasteiger partial charge in [0, 0.05) is 0 Å². The summed E-state index contributed by atoms with van der Waals surface area (Å²) in [4.78, 5) is 14.4. The van der Waals surface area contributed by atoms with Crippen LogP contribution in [0, 0.1) is 0 Å². The van der Waals surface area contributed by atoms with E-state index in [1.54, 1.807) is 0 Å². The Balaban J connectivity index is 2.88. The Labute approximate surface area is 96.0 Å². The number of carbonyl (C=O) groups excluding carboxylic acids is 1. The van der Waals surface area contributed by atoms with Crippen molar-refractivity contribution in [2.24, 2.45) is 0 Å². The van der Waals surface area contributed by atoms with E-state index in [0.29, 0.717) is 6.29 Å². The average molecular weight is 293 g/mol. The summed E-state index contributed by atoms with van der Waals surface area (Å²) in [7, 11) is 0. The van der Waals surface area contributed by atoms with Gasteiger partial charge in [-0.05, 0) is 28.1 Å². The Hall–Kier alpha value is -1.37. The van der Waals surface area contributed by atoms with Crippen LogP contribution in [-0.2, 0) is 6.18 Å². The van der Waals surface area contributed by atoms with Crippen LogP contribution in [-0.4, -0.2) is 15.7 Å². The number of imidazole rings is 1. The van der Waals surface area contributed by atoms with Gasteiger partial charge in [-0.3, -0.25) is 9.20 Å². The fourth-order valence-corrected chi connectivity index (χ4v) is 1.86. The van der Waals surface area contributed by atoms with Crippen molar-refractivity contribution in [3.63, 3.8) is 0 Å². The lowest BCUT2D eigenvalue weighted by Crippen LogP contribution is -2.12. The normalized spacial score (nSPS) is 12.0. The molecule has 0 aromatic carbocycles. The van der Waals surface area contributed by atoms with Crippen molar-refractivity contribution in [3.05, 3.63) is 34.2 Å². The molecule has 2 heterocycles. The lowest BCUT2D eigenvalue weighted by molar-refractivity contribution is -0.142. The maximum atomic E-state index is 12.7. The zero-order chi connectivity index (χ0) is 11.9. The molecule has 0 amide bonds. The van der Waals surface area contributed by atoms with E-state index in [2.05, 4.69) is 20.9 Å². The number of aldehydes is 1. The van der Waals surface area contributed by atoms with E-state index < -0.39 is 11.9 Å². The van der Waals surface area contributed by atoms with Crippen molar-refractivity contribution in [1.82, 2.24) is 9.38 Å². The highest BCUT2D eigenvalue weighted by Gasteiger charge is 2.34. The van der Waals surface area contributed by atoms with Crippen LogP contribution in [0.4, 0.5) is 13.2 Å². The second-order valence-corrected chi connectivity index (χ2v) is 3.84. The third-order valence-corrected chi connectivity index (χ3v) is 2.62. The van der Waals surface area contributed by atoms with E-state index in [0.717, 1.165) is 16.5 Å². The van der Waals surface area contributed by atoms with Crippen molar-refractivity contribution >= 4 is 27.9 Å². The minimum absolute atomic E-state index is 0.0169. The quantitative estimate of drug-likeness (QED) is 0.758. The number of alkyl halides is 3. The van der Waals surface area contributed by atoms with E-state index in [1.807, 2.05) is 0 Å². The maximum Gasteiger partial charge on any atom is 0.431 e. The summed E-state index contributed by atoms with van der Waals surface area (Å²) in [5.74, 6) is 0. The minimum Gasteiger partial charge on any atom is -0.298 e. The molecule has 0 fully saturated rings. The average Bonchev–Trinajstić information content (AvgIpc) is 2.58. The number of hydrogen-bond acceptors (Lipinski definition) is 2. The lowest BCUT2D eigenvalue weighted by Gasteiger charge is -2.10. The first-order chi connectivity index (χ1) is 7.45. The van der Waals surface area contributed by atoms with Gasteiger partial charge in [-0.15, -0.1) is 0 Å². The minimum atomic E-state index is -4.50. The molecule has 0 aliphatic rings. The third-order valence-electron chi connectivity index (χ3n) is 2.06. The predicted octanol–water partition coefficient (Wildman–Crippen LogP) is 2.93. The van der Waals surface area contributed by atoms with Crippen molar-refractivity contribution < 1.29 is 18.0 Å². The molecule has 84 valence electrons. The van der Waals surface area contributed by atoms with Gasteiger partial charge >= 0.3 is 6.18 Å². The first kappa shape index (κ1) is 11.1. The summed E-state index contributed by atoms with van der Waals surface area (Å²) < 4.78 is 39.0. The van der Waals surface area contributed by atoms with Crippen molar-refractivity contribution in [2.75, 3.05) is 0 Å². The standard InChI is InChI=1S/C9H4BrF3N2O/c10-7-3-14-8-5(4-16)1-2-6(15(7)8)9(11,12)13/h1-4H. The van der Waals surface area contributed by atoms with Crippen LogP contribution in [0.2, 0.25) is 0 Å². The number of aromatic nitrogens is 2. The Morgan fingerprint density at radius 2 is 2.06 bits per heavy atom. The van der Waals surface area contributed by atoms with Crippen LogP contribution in [0.3, 0.4) is 0 Å². The molecule has 2 aromatic heterocycles. The molecule has 0 saturated heterocycles. The molecular weight excluding hydrogens is 289 g/mol. The summed E-state index contributed by atoms with van der Waals surface area (Å²) in [6.07, 6.45) is -2.81. The molecule has 0 bridgehead atoms. The summed E-state index contributed by atoms with van der Waals surface area (Å²) in [5.41, 5.74) is -0.784. The fraction of sp³-hybridized carbons (Fsp3) is 0.111. The molecule has 0 N–H and O–H groups in total. The molecule has 0 aliphatic heterocycles. The summed E-state index contributed by atoms with van der Waals surface area (Å²) in [6.45, 7) is 0. The molecule has 0 spiro atoms. The monoisotopic (exact) mass is 292 g/mol. The molecule has 0 aliphatic carbocycles. The zero-order valence-corrected chi connectivity index (χ0v) is 9.21. The van der Waals surface area contributed by atoms with Gasteiger partial charge in [0.1, 0.15) is 15.9 Å². The highest BCUT2D eigenvalue weighted by atomic mass is 79.9. The Bertz CT molecular complexity index is 562. The van der Waals surface area contributed by atoms with Gasteiger partial charge in [0.15, 0.2) is 6.29 Å². The van der Waals surface area contributed by atoms with Crippen LogP contribution in [0.25, 0.3) is 5.65 Å². The summed E-state index contributed by atoms with van der Waals surface area (Å²) >= 11 is 2.96. The Kier molecular flexibility index (Phi) is 2.49. The number of nitrogens with zero attached hydrogens (tertiary/aromatic N) is 2. The van der Waals surface area contributed by atoms with Gasteiger partial charge in [-0.1, -0.05) is 0 Å². The van der Waals surface area contributed by atoms with Crippen LogP contribution in [0.15, 0.2) is 22.9 Å². The molecule has 16 heavy (non-hydrogen) atoms. The Morgan fingerprint density at radius 3 is 2.62 bits per heavy atom. The molecule has 2 aromatic rings. The molecule has 0 unspecified atom stereocenters. The summed E-state index contributed by atoms with van der Waals surface area (Å²) in [6, 6.07) is 1.95. The van der Waals surface area contributed by atoms with E-state index in [-0.39, 0.29) is 15.8 Å². The molecular formula is C9H4BrF3N2O. The highest BCUT2D eigenvalue weighted by Crippen LogP contribution is 2.32. The molecule has 0 atom stereocenters. The van der Waals surface area contributed by atoms with E-state index in [4.69, 9.17) is 0 Å². The number of fused-ring (bicyclic) bond motifs is 1. The number of pyridine rings is 1. The molecule has 2 rings (SSSR count). The van der Waals surface area contributed by atoms with Crippen molar-refractivity contribution in [3.8, 4) is 0 Å². The van der Waals surface area contributed by atoms with E-state index in [9.17, 15) is 18.0 Å². The smallest absolute Gasteiger partial charge is 0.298 e. The van der Waals surface area contributed by atoms with Gasteiger partial charge in [0.2, 0.25) is 0 Å². The SMILES string of the molecule is O=Cc1ccc(C(F)(F)F)n2c(Br)cnc12. The number of carbonyl (C=O) groups is 1. The number of hydrogen-bond donors (Lipinski definition) is 0. The second kappa shape index (κ2) is 3.58. The third kappa shape index (κ3) is 1.60. The van der Waals surface area contributed by atoms with E-state index >= 15 is 0 Å². The van der Waals surface area contributed by atoms with Crippen LogP contribution in [0.1, 0.15) is 16.1 Å². The number of halogens is 4. The van der Waals surface area contributed by atoms with Crippen LogP contribution < -0.4 is 0 Å². The second-order valence-electron chi connectivity index (χ2n) is 3.03. The molecule has 0 radical (unpaired) electrons. The highest BCUT2D eigenvalue weighted by molar-refractivity contribution is 9.10. The van der Waals surface area contributed by atoms with Gasteiger partial charge in [-0.2, -0.15) is 13.2 Å². The van der Waals surface area contributed by atoms with Crippen LogP contribution >= 0.6 is 15.9 Å². The molecule has 3 nitrogen and oxygen atoms in total. The van der Waals surface area contributed by atoms with Crippen molar-refractivity contribution in [1.29, 1.82) is 0 Å². The number of rotatable bonds is 1. The van der Waals surface area contributed by atoms with E-state index in [1.165, 1.54) is 6.20 Å². The predicted molar refractivity (Wildman–Crippen MR) is 53.3 cm³/mol. The first-order valence-corrected chi connectivity index (χ1v) is 4.93. The maximum absolute atomic E-state index is 12.7. The van der Waals surface area contributed by atoms with Gasteiger partial charge in [0.25, 0.3) is 0 Å². The van der Waals surface area contributed by atoms with Crippen LogP contribution in [0.5, 0.6) is 0 Å². The van der Waals surface area contributed by atoms with Gasteiger partial charge in [0.05, 0.1) is 11.8 Å². The molecule has 0 saturated carbocycles. The topological polar surface area (TPSA) is 34.4 Å². The zero-order valence-electron chi connectivity index (χ0n) is 7.62. The largest absolute Gasteiger partial charge is 0.431 e. The lowest BCUT2D eigenvalue weighted by atomic mass is 10.2. The first-order valence-electron chi connectivity index (χ1n) is 4.13. The Morgan fingerprint density at radius 1 is 1.38 bits per heavy atom. The fourth-order valence-electron chi connectivity index (χ4n) is 1.39. The molecule has 7 heteroatoms. The van der Waals surface area contributed by atoms with Gasteiger partial charge < -0.3 is 0 Å². The van der Waals surface area contributed by atoms with Crippen molar-refractivity contribution in [2.45, 2.75) is 6.18 Å².